The average molecular weight is 423 g/mol. The molecule has 3 N–H and O–H groups in total. The van der Waals surface area contributed by atoms with E-state index in [2.05, 4.69) is 5.32 Å². The second-order valence-corrected chi connectivity index (χ2v) is 10.2. The fraction of sp³-hybridized carbons (Fsp3) is 0.550. The molecule has 0 bridgehead atoms. The summed E-state index contributed by atoms with van der Waals surface area (Å²) in [5.41, 5.74) is -0.496. The third-order valence-electron chi connectivity index (χ3n) is 6.18. The Morgan fingerprint density at radius 3 is 2.61 bits per heavy atom. The Bertz CT molecular complexity index is 884. The van der Waals surface area contributed by atoms with Crippen LogP contribution in [0.2, 0.25) is 5.02 Å². The van der Waals surface area contributed by atoms with Crippen molar-refractivity contribution in [3.63, 3.8) is 0 Å². The molecule has 0 aromatic heterocycles. The lowest BCUT2D eigenvalue weighted by molar-refractivity contribution is -0.733. The normalized spacial score (nSPS) is 31.5. The van der Waals surface area contributed by atoms with Gasteiger partial charge in [0.25, 0.3) is 5.91 Å². The highest BCUT2D eigenvalue weighted by Crippen LogP contribution is 2.51. The van der Waals surface area contributed by atoms with Gasteiger partial charge in [-0.25, -0.2) is 0 Å². The molecule has 2 fully saturated rings. The number of hydrogen-bond acceptors (Lipinski definition) is 4. The van der Waals surface area contributed by atoms with Crippen LogP contribution >= 0.6 is 23.4 Å². The lowest BCUT2D eigenvalue weighted by Crippen LogP contribution is -2.99. The van der Waals surface area contributed by atoms with Gasteiger partial charge in [0.05, 0.1) is 10.7 Å². The molecule has 3 aliphatic rings. The molecular formula is C20H25ClN3O3S+. The molecule has 4 rings (SSSR count). The molecule has 150 valence electrons. The van der Waals surface area contributed by atoms with Crippen LogP contribution in [-0.4, -0.2) is 46.2 Å². The Morgan fingerprint density at radius 1 is 1.25 bits per heavy atom. The molecule has 1 aromatic carbocycles. The van der Waals surface area contributed by atoms with Crippen LogP contribution in [0.4, 0.5) is 5.69 Å². The number of hydrogen-bond donors (Lipinski definition) is 2. The zero-order chi connectivity index (χ0) is 20.4. The summed E-state index contributed by atoms with van der Waals surface area (Å²) in [5.74, 6) is -1.03. The van der Waals surface area contributed by atoms with Gasteiger partial charge in [-0.3, -0.25) is 19.3 Å². The Labute approximate surface area is 173 Å². The summed E-state index contributed by atoms with van der Waals surface area (Å²) in [6.45, 7) is 5.57. The van der Waals surface area contributed by atoms with Gasteiger partial charge in [0, 0.05) is 17.5 Å². The van der Waals surface area contributed by atoms with Crippen LogP contribution in [-0.2, 0) is 19.9 Å². The summed E-state index contributed by atoms with van der Waals surface area (Å²) in [6, 6.07) is 5.24. The van der Waals surface area contributed by atoms with E-state index in [4.69, 9.17) is 11.6 Å². The maximum atomic E-state index is 13.5. The van der Waals surface area contributed by atoms with Crippen LogP contribution in [0.15, 0.2) is 18.2 Å². The number of imide groups is 1. The van der Waals surface area contributed by atoms with E-state index >= 15 is 0 Å². The number of carbonyl (C=O) groups is 3. The van der Waals surface area contributed by atoms with Crippen molar-refractivity contribution in [2.45, 2.75) is 44.3 Å². The number of fused-ring (bicyclic) bond motifs is 4. The van der Waals surface area contributed by atoms with Crippen molar-refractivity contribution in [1.29, 1.82) is 0 Å². The van der Waals surface area contributed by atoms with Gasteiger partial charge in [-0.15, -0.1) is 0 Å². The molecule has 0 aliphatic carbocycles. The molecule has 8 heteroatoms. The average Bonchev–Trinajstić information content (AvgIpc) is 3.19. The molecule has 1 aromatic rings. The Morgan fingerprint density at radius 2 is 1.96 bits per heavy atom. The fourth-order valence-electron chi connectivity index (χ4n) is 5.13. The quantitative estimate of drug-likeness (QED) is 0.724. The van der Waals surface area contributed by atoms with E-state index in [0.717, 1.165) is 12.2 Å². The number of para-hydroxylation sites is 1. The molecule has 4 atom stereocenters. The van der Waals surface area contributed by atoms with E-state index in [-0.39, 0.29) is 23.8 Å². The van der Waals surface area contributed by atoms with Crippen LogP contribution in [0.5, 0.6) is 0 Å². The molecular weight excluding hydrogens is 398 g/mol. The Hall–Kier alpha value is -1.57. The maximum absolute atomic E-state index is 13.5. The topological polar surface area (TPSA) is 83.1 Å². The van der Waals surface area contributed by atoms with Gasteiger partial charge in [0.15, 0.2) is 0 Å². The van der Waals surface area contributed by atoms with Crippen LogP contribution in [0, 0.1) is 11.8 Å². The second-order valence-electron chi connectivity index (χ2n) is 8.78. The molecule has 0 unspecified atom stereocenters. The molecule has 6 nitrogen and oxygen atoms in total. The maximum Gasteiger partial charge on any atom is 0.291 e. The summed E-state index contributed by atoms with van der Waals surface area (Å²) < 4.78 is 0. The van der Waals surface area contributed by atoms with Gasteiger partial charge in [-0.05, 0) is 44.9 Å². The van der Waals surface area contributed by atoms with E-state index in [1.807, 2.05) is 38.4 Å². The predicted molar refractivity (Wildman–Crippen MR) is 109 cm³/mol. The highest BCUT2D eigenvalue weighted by Gasteiger charge is 2.74. The first-order valence-corrected chi connectivity index (χ1v) is 11.2. The molecule has 3 heterocycles. The van der Waals surface area contributed by atoms with Crippen LogP contribution in [0.1, 0.15) is 32.8 Å². The summed E-state index contributed by atoms with van der Waals surface area (Å²) in [4.78, 5) is 41.6. The van der Waals surface area contributed by atoms with Gasteiger partial charge in [0.2, 0.25) is 17.4 Å². The van der Waals surface area contributed by atoms with Crippen molar-refractivity contribution in [2.75, 3.05) is 17.3 Å². The van der Waals surface area contributed by atoms with Gasteiger partial charge in [0.1, 0.15) is 17.9 Å². The van der Waals surface area contributed by atoms with E-state index in [1.54, 1.807) is 23.9 Å². The van der Waals surface area contributed by atoms with E-state index in [9.17, 15) is 14.4 Å². The van der Waals surface area contributed by atoms with E-state index < -0.39 is 22.9 Å². The number of quaternary nitrogens is 1. The zero-order valence-electron chi connectivity index (χ0n) is 16.4. The predicted octanol–water partition coefficient (Wildman–Crippen LogP) is 1.59. The number of thioether (sulfide) groups is 1. The molecule has 0 radical (unpaired) electrons. The molecule has 1 spiro atoms. The van der Waals surface area contributed by atoms with Crippen molar-refractivity contribution in [2.24, 2.45) is 11.8 Å². The number of rotatable bonds is 3. The summed E-state index contributed by atoms with van der Waals surface area (Å²) in [6.07, 6.45) is 2.77. The van der Waals surface area contributed by atoms with Gasteiger partial charge in [-0.1, -0.05) is 17.7 Å². The third-order valence-corrected chi connectivity index (χ3v) is 7.14. The van der Waals surface area contributed by atoms with Crippen LogP contribution in [0.3, 0.4) is 0 Å². The van der Waals surface area contributed by atoms with Crippen molar-refractivity contribution >= 4 is 46.8 Å². The van der Waals surface area contributed by atoms with Crippen molar-refractivity contribution in [1.82, 2.24) is 4.90 Å². The highest BCUT2D eigenvalue weighted by atomic mass is 35.5. The van der Waals surface area contributed by atoms with Gasteiger partial charge >= 0.3 is 0 Å². The number of nitrogens with two attached hydrogens (primary N) is 1. The first-order valence-electron chi connectivity index (χ1n) is 9.48. The summed E-state index contributed by atoms with van der Waals surface area (Å²) in [5, 5.41) is 5.30. The Kier molecular flexibility index (Phi) is 4.56. The standard InChI is InChI=1S/C20H24ClN3O3S/c1-19(2,3)24-16(25)13-12(8-9-28-4)23-20(14(13)17(24)26)10-6-5-7-11(21)15(10)22-18(20)27/h5-7,12-14,23H,8-9H2,1-4H3,(H,22,27)/p+1/t12-,13+,14+,20-/m0/s1. The molecule has 2 saturated heterocycles. The van der Waals surface area contributed by atoms with E-state index in [1.165, 1.54) is 4.90 Å². The van der Waals surface area contributed by atoms with Gasteiger partial charge < -0.3 is 10.6 Å². The second kappa shape index (κ2) is 6.47. The first kappa shape index (κ1) is 19.7. The van der Waals surface area contributed by atoms with Gasteiger partial charge in [-0.2, -0.15) is 11.8 Å². The monoisotopic (exact) mass is 422 g/mol. The smallest absolute Gasteiger partial charge is 0.291 e. The van der Waals surface area contributed by atoms with Crippen LogP contribution in [0.25, 0.3) is 0 Å². The molecule has 0 saturated carbocycles. The minimum atomic E-state index is -1.14. The summed E-state index contributed by atoms with van der Waals surface area (Å²) in [7, 11) is 0. The number of anilines is 1. The minimum absolute atomic E-state index is 0.128. The number of carbonyl (C=O) groups excluding carboxylic acids is 3. The molecule has 28 heavy (non-hydrogen) atoms. The van der Waals surface area contributed by atoms with E-state index in [0.29, 0.717) is 16.3 Å². The Balaban J connectivity index is 1.89. The van der Waals surface area contributed by atoms with Crippen molar-refractivity contribution in [3.05, 3.63) is 28.8 Å². The number of nitrogens with zero attached hydrogens (tertiary/aromatic N) is 1. The first-order chi connectivity index (χ1) is 13.1. The largest absolute Gasteiger partial charge is 0.326 e. The molecule has 3 aliphatic heterocycles. The number of amides is 3. The lowest BCUT2D eigenvalue weighted by Gasteiger charge is -2.33. The SMILES string of the molecule is CSCC[C@@H]1[NH2+][C@]2(C(=O)Nc3c(Cl)cccc32)[C@H]2C(=O)N(C(C)(C)C)C(=O)[C@H]12. The van der Waals surface area contributed by atoms with Crippen molar-refractivity contribution in [3.8, 4) is 0 Å². The fourth-order valence-corrected chi connectivity index (χ4v) is 5.86. The van der Waals surface area contributed by atoms with Crippen molar-refractivity contribution < 1.29 is 19.7 Å². The number of likely N-dealkylation sites (tertiary alicyclic amines) is 1. The molecule has 3 amide bonds. The number of nitrogens with one attached hydrogen (secondary N) is 1. The zero-order valence-corrected chi connectivity index (χ0v) is 18.0. The lowest BCUT2D eigenvalue weighted by atomic mass is 9.76. The summed E-state index contributed by atoms with van der Waals surface area (Å²) >= 11 is 8.03. The number of benzene rings is 1. The number of halogens is 1. The van der Waals surface area contributed by atoms with Crippen LogP contribution < -0.4 is 10.6 Å². The minimum Gasteiger partial charge on any atom is -0.326 e. The third kappa shape index (κ3) is 2.49. The highest BCUT2D eigenvalue weighted by molar-refractivity contribution is 7.98.